The summed E-state index contributed by atoms with van der Waals surface area (Å²) in [5.74, 6) is -0.433. The molecule has 4 rings (SSSR count). The Kier molecular flexibility index (Phi) is 6.32. The molecule has 1 saturated heterocycles. The van der Waals surface area contributed by atoms with Crippen LogP contribution in [0.4, 0.5) is 5.69 Å². The van der Waals surface area contributed by atoms with Crippen LogP contribution in [0.1, 0.15) is 18.1 Å². The predicted octanol–water partition coefficient (Wildman–Crippen LogP) is 1.64. The van der Waals surface area contributed by atoms with Gasteiger partial charge in [-0.05, 0) is 29.3 Å². The SMILES string of the molecule is CC(=O)N1c2ccc(S(=O)(=O)N3CCOCC3)cc2C[C@@H]1C(=O)N(C)Cc1ccccc1. The number of amides is 2. The minimum atomic E-state index is -3.66. The topological polar surface area (TPSA) is 87.2 Å². The molecule has 1 atom stereocenters. The second kappa shape index (κ2) is 9.01. The van der Waals surface area contributed by atoms with Gasteiger partial charge in [0.15, 0.2) is 0 Å². The fourth-order valence-electron chi connectivity index (χ4n) is 4.30. The van der Waals surface area contributed by atoms with Gasteiger partial charge in [-0.15, -0.1) is 0 Å². The third-order valence-electron chi connectivity index (χ3n) is 5.91. The van der Waals surface area contributed by atoms with Gasteiger partial charge >= 0.3 is 0 Å². The molecule has 2 aliphatic rings. The van der Waals surface area contributed by atoms with Crippen molar-refractivity contribution in [1.29, 1.82) is 0 Å². The summed E-state index contributed by atoms with van der Waals surface area (Å²) in [4.78, 5) is 29.0. The second-order valence-electron chi connectivity index (χ2n) is 8.10. The highest BCUT2D eigenvalue weighted by atomic mass is 32.2. The van der Waals surface area contributed by atoms with Crippen molar-refractivity contribution in [2.45, 2.75) is 30.8 Å². The molecule has 0 radical (unpaired) electrons. The number of anilines is 1. The van der Waals surface area contributed by atoms with Crippen molar-refractivity contribution >= 4 is 27.5 Å². The Morgan fingerprint density at radius 2 is 1.78 bits per heavy atom. The van der Waals surface area contributed by atoms with Crippen LogP contribution in [0, 0.1) is 0 Å². The first-order valence-electron chi connectivity index (χ1n) is 10.6. The number of likely N-dealkylation sites (N-methyl/N-ethyl adjacent to an activating group) is 1. The predicted molar refractivity (Wildman–Crippen MR) is 120 cm³/mol. The van der Waals surface area contributed by atoms with Gasteiger partial charge in [0, 0.05) is 45.7 Å². The largest absolute Gasteiger partial charge is 0.379 e. The molecule has 0 aromatic heterocycles. The van der Waals surface area contributed by atoms with E-state index in [0.717, 1.165) is 5.56 Å². The molecular formula is C23H27N3O5S. The Bertz CT molecular complexity index is 1110. The van der Waals surface area contributed by atoms with Crippen LogP contribution in [0.3, 0.4) is 0 Å². The van der Waals surface area contributed by atoms with Crippen molar-refractivity contribution in [3.8, 4) is 0 Å². The number of morpholine rings is 1. The van der Waals surface area contributed by atoms with Crippen molar-refractivity contribution in [3.63, 3.8) is 0 Å². The summed E-state index contributed by atoms with van der Waals surface area (Å²) in [6.45, 7) is 3.20. The summed E-state index contributed by atoms with van der Waals surface area (Å²) in [5.41, 5.74) is 2.26. The quantitative estimate of drug-likeness (QED) is 0.681. The Hall–Kier alpha value is -2.75. The van der Waals surface area contributed by atoms with Crippen molar-refractivity contribution in [1.82, 2.24) is 9.21 Å². The van der Waals surface area contributed by atoms with E-state index in [1.807, 2.05) is 30.3 Å². The van der Waals surface area contributed by atoms with Crippen LogP contribution in [0.25, 0.3) is 0 Å². The zero-order chi connectivity index (χ0) is 22.9. The highest BCUT2D eigenvalue weighted by Gasteiger charge is 2.39. The fourth-order valence-corrected chi connectivity index (χ4v) is 5.76. The van der Waals surface area contributed by atoms with Crippen molar-refractivity contribution < 1.29 is 22.7 Å². The lowest BCUT2D eigenvalue weighted by molar-refractivity contribution is -0.133. The van der Waals surface area contributed by atoms with Crippen LogP contribution < -0.4 is 4.90 Å². The van der Waals surface area contributed by atoms with E-state index in [1.54, 1.807) is 24.1 Å². The van der Waals surface area contributed by atoms with Gasteiger partial charge in [-0.1, -0.05) is 30.3 Å². The minimum Gasteiger partial charge on any atom is -0.379 e. The van der Waals surface area contributed by atoms with Gasteiger partial charge in [0.05, 0.1) is 18.1 Å². The van der Waals surface area contributed by atoms with E-state index in [-0.39, 0.29) is 23.1 Å². The van der Waals surface area contributed by atoms with Crippen molar-refractivity contribution in [3.05, 3.63) is 59.7 Å². The maximum atomic E-state index is 13.3. The van der Waals surface area contributed by atoms with E-state index in [0.29, 0.717) is 44.1 Å². The first kappa shape index (κ1) is 22.4. The van der Waals surface area contributed by atoms with E-state index in [2.05, 4.69) is 0 Å². The first-order valence-corrected chi connectivity index (χ1v) is 12.0. The molecule has 2 heterocycles. The molecule has 2 aromatic carbocycles. The van der Waals surface area contributed by atoms with Gasteiger partial charge in [-0.2, -0.15) is 4.31 Å². The molecule has 2 aromatic rings. The van der Waals surface area contributed by atoms with E-state index in [1.165, 1.54) is 22.2 Å². The van der Waals surface area contributed by atoms with E-state index in [9.17, 15) is 18.0 Å². The molecule has 2 amide bonds. The Labute approximate surface area is 188 Å². The number of carbonyl (C=O) groups excluding carboxylic acids is 2. The third-order valence-corrected chi connectivity index (χ3v) is 7.80. The number of ether oxygens (including phenoxy) is 1. The van der Waals surface area contributed by atoms with Crippen LogP contribution in [0.2, 0.25) is 0 Å². The maximum absolute atomic E-state index is 13.3. The van der Waals surface area contributed by atoms with Gasteiger partial charge in [-0.25, -0.2) is 8.42 Å². The Morgan fingerprint density at radius 1 is 1.09 bits per heavy atom. The highest BCUT2D eigenvalue weighted by Crippen LogP contribution is 2.35. The lowest BCUT2D eigenvalue weighted by atomic mass is 10.1. The first-order chi connectivity index (χ1) is 15.3. The molecule has 0 bridgehead atoms. The number of sulfonamides is 1. The standard InChI is InChI=1S/C23H27N3O5S/c1-17(27)26-21-9-8-20(32(29,30)25-10-12-31-13-11-25)14-19(21)15-22(26)23(28)24(2)16-18-6-4-3-5-7-18/h3-9,14,22H,10-13,15-16H2,1-2H3/t22-/m1/s1. The summed E-state index contributed by atoms with van der Waals surface area (Å²) in [6.07, 6.45) is 0.277. The number of hydrogen-bond donors (Lipinski definition) is 0. The van der Waals surface area contributed by atoms with E-state index < -0.39 is 16.1 Å². The lowest BCUT2D eigenvalue weighted by Gasteiger charge is -2.28. The molecular weight excluding hydrogens is 430 g/mol. The number of benzene rings is 2. The maximum Gasteiger partial charge on any atom is 0.246 e. The molecule has 9 heteroatoms. The van der Waals surface area contributed by atoms with Crippen molar-refractivity contribution in [2.24, 2.45) is 0 Å². The van der Waals surface area contributed by atoms with Crippen LogP contribution in [-0.2, 0) is 37.3 Å². The Balaban J connectivity index is 1.59. The van der Waals surface area contributed by atoms with Crippen molar-refractivity contribution in [2.75, 3.05) is 38.3 Å². The molecule has 0 N–H and O–H groups in total. The normalized spacial score (nSPS) is 18.9. The zero-order valence-electron chi connectivity index (χ0n) is 18.2. The van der Waals surface area contributed by atoms with Crippen LogP contribution >= 0.6 is 0 Å². The molecule has 2 aliphatic heterocycles. The van der Waals surface area contributed by atoms with Crippen LogP contribution in [0.15, 0.2) is 53.4 Å². The monoisotopic (exact) mass is 457 g/mol. The molecule has 0 spiro atoms. The number of hydrogen-bond acceptors (Lipinski definition) is 5. The number of carbonyl (C=O) groups is 2. The summed E-state index contributed by atoms with van der Waals surface area (Å²) in [7, 11) is -1.95. The Morgan fingerprint density at radius 3 is 2.44 bits per heavy atom. The molecule has 0 aliphatic carbocycles. The smallest absolute Gasteiger partial charge is 0.246 e. The number of nitrogens with zero attached hydrogens (tertiary/aromatic N) is 3. The summed E-state index contributed by atoms with van der Waals surface area (Å²) in [5, 5.41) is 0. The highest BCUT2D eigenvalue weighted by molar-refractivity contribution is 7.89. The molecule has 0 saturated carbocycles. The van der Waals surface area contributed by atoms with Gasteiger partial charge < -0.3 is 9.64 Å². The molecule has 1 fully saturated rings. The van der Waals surface area contributed by atoms with E-state index in [4.69, 9.17) is 4.74 Å². The lowest BCUT2D eigenvalue weighted by Crippen LogP contribution is -2.47. The number of fused-ring (bicyclic) bond motifs is 1. The minimum absolute atomic E-state index is 0.174. The van der Waals surface area contributed by atoms with Crippen LogP contribution in [0.5, 0.6) is 0 Å². The summed E-state index contributed by atoms with van der Waals surface area (Å²) < 4.78 is 32.8. The van der Waals surface area contributed by atoms with Gasteiger partial charge in [-0.3, -0.25) is 14.5 Å². The van der Waals surface area contributed by atoms with E-state index >= 15 is 0 Å². The average molecular weight is 458 g/mol. The molecule has 32 heavy (non-hydrogen) atoms. The van der Waals surface area contributed by atoms with Gasteiger partial charge in [0.2, 0.25) is 21.8 Å². The average Bonchev–Trinajstić information content (AvgIpc) is 3.19. The second-order valence-corrected chi connectivity index (χ2v) is 10.0. The van der Waals surface area contributed by atoms with Gasteiger partial charge in [0.25, 0.3) is 0 Å². The summed E-state index contributed by atoms with van der Waals surface area (Å²) in [6, 6.07) is 13.7. The third kappa shape index (κ3) is 4.28. The molecule has 0 unspecified atom stereocenters. The number of rotatable bonds is 5. The fraction of sp³-hybridized carbons (Fsp3) is 0.391. The zero-order valence-corrected chi connectivity index (χ0v) is 19.0. The van der Waals surface area contributed by atoms with Gasteiger partial charge in [0.1, 0.15) is 6.04 Å². The summed E-state index contributed by atoms with van der Waals surface area (Å²) >= 11 is 0. The molecule has 8 nitrogen and oxygen atoms in total. The van der Waals surface area contributed by atoms with Crippen LogP contribution in [-0.4, -0.2) is 68.8 Å². The molecule has 170 valence electrons.